The molecule has 2 rings (SSSR count). The average Bonchev–Trinajstić information content (AvgIpc) is 2.37. The van der Waals surface area contributed by atoms with E-state index in [2.05, 4.69) is 5.32 Å². The van der Waals surface area contributed by atoms with E-state index in [-0.39, 0.29) is 17.3 Å². The van der Waals surface area contributed by atoms with Crippen LogP contribution in [0.2, 0.25) is 0 Å². The lowest BCUT2D eigenvalue weighted by Crippen LogP contribution is -2.15. The number of para-hydroxylation sites is 1. The van der Waals surface area contributed by atoms with Crippen LogP contribution in [0.25, 0.3) is 0 Å². The lowest BCUT2D eigenvalue weighted by atomic mass is 10.1. The van der Waals surface area contributed by atoms with Crippen LogP contribution in [-0.4, -0.2) is 5.91 Å². The molecule has 18 heavy (non-hydrogen) atoms. The van der Waals surface area contributed by atoms with Gasteiger partial charge in [-0.1, -0.05) is 18.2 Å². The van der Waals surface area contributed by atoms with Crippen molar-refractivity contribution in [2.75, 3.05) is 22.5 Å². The lowest BCUT2D eigenvalue weighted by Gasteiger charge is -2.10. The first-order valence-electron chi connectivity index (χ1n) is 5.39. The van der Waals surface area contributed by atoms with Crippen molar-refractivity contribution in [3.8, 4) is 0 Å². The number of benzene rings is 2. The van der Waals surface area contributed by atoms with Gasteiger partial charge >= 0.3 is 0 Å². The summed E-state index contributed by atoms with van der Waals surface area (Å²) < 4.78 is 0. The van der Waals surface area contributed by atoms with Crippen molar-refractivity contribution in [3.63, 3.8) is 0 Å². The first-order chi connectivity index (χ1) is 8.59. The molecule has 7 N–H and O–H groups in total. The number of nitrogen functional groups attached to an aromatic ring is 3. The summed E-state index contributed by atoms with van der Waals surface area (Å²) in [5.74, 6) is -0.314. The summed E-state index contributed by atoms with van der Waals surface area (Å²) in [6.07, 6.45) is 0. The van der Waals surface area contributed by atoms with Gasteiger partial charge in [0.05, 0.1) is 22.6 Å². The van der Waals surface area contributed by atoms with E-state index in [0.29, 0.717) is 16.9 Å². The van der Waals surface area contributed by atoms with Crippen molar-refractivity contribution >= 4 is 28.7 Å². The van der Waals surface area contributed by atoms with Gasteiger partial charge in [-0.05, 0) is 24.3 Å². The molecule has 0 aliphatic rings. The predicted octanol–water partition coefficient (Wildman–Crippen LogP) is 1.69. The highest BCUT2D eigenvalue weighted by atomic mass is 16.1. The Morgan fingerprint density at radius 1 is 0.889 bits per heavy atom. The molecule has 0 atom stereocenters. The van der Waals surface area contributed by atoms with Crippen molar-refractivity contribution in [1.29, 1.82) is 0 Å². The largest absolute Gasteiger partial charge is 0.397 e. The van der Waals surface area contributed by atoms with Gasteiger partial charge in [0.25, 0.3) is 5.91 Å². The van der Waals surface area contributed by atoms with E-state index in [4.69, 9.17) is 17.2 Å². The summed E-state index contributed by atoms with van der Waals surface area (Å²) >= 11 is 0. The van der Waals surface area contributed by atoms with Gasteiger partial charge in [-0.25, -0.2) is 0 Å². The number of nitrogens with one attached hydrogen (secondary N) is 1. The normalized spacial score (nSPS) is 10.0. The Morgan fingerprint density at radius 2 is 1.56 bits per heavy atom. The first kappa shape index (κ1) is 11.8. The maximum Gasteiger partial charge on any atom is 0.257 e. The number of nitrogens with two attached hydrogens (primary N) is 3. The molecule has 0 bridgehead atoms. The molecule has 5 nitrogen and oxygen atoms in total. The zero-order valence-corrected chi connectivity index (χ0v) is 9.68. The summed E-state index contributed by atoms with van der Waals surface area (Å²) in [5.41, 5.74) is 18.9. The smallest absolute Gasteiger partial charge is 0.257 e. The number of hydrogen-bond donors (Lipinski definition) is 4. The molecule has 0 saturated carbocycles. The molecule has 0 aliphatic carbocycles. The lowest BCUT2D eigenvalue weighted by molar-refractivity contribution is 0.102. The average molecular weight is 242 g/mol. The van der Waals surface area contributed by atoms with Gasteiger partial charge in [-0.15, -0.1) is 0 Å². The van der Waals surface area contributed by atoms with Crippen LogP contribution in [0, 0.1) is 0 Å². The number of carbonyl (C=O) groups excluding carboxylic acids is 1. The summed E-state index contributed by atoms with van der Waals surface area (Å²) in [6.45, 7) is 0. The van der Waals surface area contributed by atoms with Gasteiger partial charge in [0.1, 0.15) is 0 Å². The molecule has 0 saturated heterocycles. The van der Waals surface area contributed by atoms with Crippen molar-refractivity contribution < 1.29 is 4.79 Å². The molecule has 0 heterocycles. The fraction of sp³-hybridized carbons (Fsp3) is 0. The van der Waals surface area contributed by atoms with Gasteiger partial charge in [0.2, 0.25) is 0 Å². The summed E-state index contributed by atoms with van der Waals surface area (Å²) in [4.78, 5) is 12.0. The molecule has 1 amide bonds. The predicted molar refractivity (Wildman–Crippen MR) is 74.1 cm³/mol. The zero-order valence-electron chi connectivity index (χ0n) is 9.68. The maximum absolute atomic E-state index is 12.0. The maximum atomic E-state index is 12.0. The van der Waals surface area contributed by atoms with Gasteiger partial charge in [0, 0.05) is 5.69 Å². The van der Waals surface area contributed by atoms with Gasteiger partial charge < -0.3 is 22.5 Å². The molecular formula is C13H14N4O. The van der Waals surface area contributed by atoms with Crippen LogP contribution in [0.3, 0.4) is 0 Å². The highest BCUT2D eigenvalue weighted by Gasteiger charge is 2.13. The Morgan fingerprint density at radius 3 is 2.22 bits per heavy atom. The Hall–Kier alpha value is -2.69. The van der Waals surface area contributed by atoms with Crippen LogP contribution < -0.4 is 22.5 Å². The van der Waals surface area contributed by atoms with Crippen molar-refractivity contribution in [2.24, 2.45) is 0 Å². The minimum atomic E-state index is -0.314. The fourth-order valence-corrected chi connectivity index (χ4v) is 1.57. The molecule has 0 aromatic heterocycles. The Balaban J connectivity index is 2.28. The van der Waals surface area contributed by atoms with Crippen LogP contribution in [0.5, 0.6) is 0 Å². The third kappa shape index (κ3) is 2.20. The Kier molecular flexibility index (Phi) is 3.05. The van der Waals surface area contributed by atoms with E-state index in [1.54, 1.807) is 24.3 Å². The topological polar surface area (TPSA) is 107 Å². The third-order valence-corrected chi connectivity index (χ3v) is 2.60. The van der Waals surface area contributed by atoms with E-state index < -0.39 is 0 Å². The second-order valence-corrected chi connectivity index (χ2v) is 3.85. The number of amides is 1. The van der Waals surface area contributed by atoms with Crippen LogP contribution in [0.15, 0.2) is 42.5 Å². The van der Waals surface area contributed by atoms with Crippen molar-refractivity contribution in [2.45, 2.75) is 0 Å². The van der Waals surface area contributed by atoms with E-state index in [9.17, 15) is 4.79 Å². The summed E-state index contributed by atoms with van der Waals surface area (Å²) in [7, 11) is 0. The van der Waals surface area contributed by atoms with Gasteiger partial charge in [0.15, 0.2) is 0 Å². The number of rotatable bonds is 2. The second-order valence-electron chi connectivity index (χ2n) is 3.85. The number of hydrogen-bond acceptors (Lipinski definition) is 4. The number of anilines is 4. The second kappa shape index (κ2) is 4.67. The number of carbonyl (C=O) groups is 1. The van der Waals surface area contributed by atoms with Crippen molar-refractivity contribution in [1.82, 2.24) is 0 Å². The molecule has 2 aromatic carbocycles. The van der Waals surface area contributed by atoms with E-state index in [1.165, 1.54) is 0 Å². The van der Waals surface area contributed by atoms with Crippen molar-refractivity contribution in [3.05, 3.63) is 48.0 Å². The SMILES string of the molecule is Nc1ccc(C(=O)Nc2ccccc2)c(N)c1N. The quantitative estimate of drug-likeness (QED) is 0.601. The van der Waals surface area contributed by atoms with E-state index in [1.807, 2.05) is 18.2 Å². The zero-order chi connectivity index (χ0) is 13.1. The first-order valence-corrected chi connectivity index (χ1v) is 5.39. The molecule has 0 radical (unpaired) electrons. The summed E-state index contributed by atoms with van der Waals surface area (Å²) in [5, 5.41) is 2.73. The molecule has 0 aliphatic heterocycles. The molecule has 2 aromatic rings. The molecule has 5 heteroatoms. The highest BCUT2D eigenvalue weighted by molar-refractivity contribution is 6.10. The molecule has 92 valence electrons. The van der Waals surface area contributed by atoms with Gasteiger partial charge in [-0.3, -0.25) is 4.79 Å². The molecule has 0 fully saturated rings. The standard InChI is InChI=1S/C13H14N4O/c14-10-7-6-9(11(15)12(10)16)13(18)17-8-4-2-1-3-5-8/h1-7H,14-16H2,(H,17,18). The third-order valence-electron chi connectivity index (χ3n) is 2.60. The minimum absolute atomic E-state index is 0.198. The van der Waals surface area contributed by atoms with E-state index >= 15 is 0 Å². The highest BCUT2D eigenvalue weighted by Crippen LogP contribution is 2.26. The minimum Gasteiger partial charge on any atom is -0.397 e. The van der Waals surface area contributed by atoms with Crippen LogP contribution in [-0.2, 0) is 0 Å². The monoisotopic (exact) mass is 242 g/mol. The van der Waals surface area contributed by atoms with Crippen LogP contribution in [0.4, 0.5) is 22.7 Å². The van der Waals surface area contributed by atoms with Crippen LogP contribution in [0.1, 0.15) is 10.4 Å². The van der Waals surface area contributed by atoms with Crippen LogP contribution >= 0.6 is 0 Å². The van der Waals surface area contributed by atoms with Gasteiger partial charge in [-0.2, -0.15) is 0 Å². The molecular weight excluding hydrogens is 228 g/mol. The summed E-state index contributed by atoms with van der Waals surface area (Å²) in [6, 6.07) is 12.2. The van der Waals surface area contributed by atoms with E-state index in [0.717, 1.165) is 0 Å². The Bertz CT molecular complexity index is 581. The molecule has 0 unspecified atom stereocenters. The molecule has 0 spiro atoms. The fourth-order valence-electron chi connectivity index (χ4n) is 1.57. The Labute approximate surface area is 105 Å².